The molecular weight excluding hydrogens is 365 g/mol. The molecule has 1 aromatic heterocycles. The van der Waals surface area contributed by atoms with E-state index in [1.807, 2.05) is 0 Å². The second-order valence-corrected chi connectivity index (χ2v) is 5.81. The minimum Gasteiger partial charge on any atom is -0.492 e. The van der Waals surface area contributed by atoms with Crippen molar-refractivity contribution in [3.8, 4) is 17.1 Å². The van der Waals surface area contributed by atoms with Gasteiger partial charge in [-0.3, -0.25) is 0 Å². The number of aromatic hydroxyl groups is 1. The van der Waals surface area contributed by atoms with Crippen LogP contribution in [0.15, 0.2) is 58.8 Å². The van der Waals surface area contributed by atoms with E-state index in [4.69, 9.17) is 29.6 Å². The SMILES string of the molecule is NC(=S)n1nc(-c2ccc(F)cc2)c(/N=N/c2cccc(Cl)c2)c1O. The minimum absolute atomic E-state index is 0.0550. The Bertz CT molecular complexity index is 971. The van der Waals surface area contributed by atoms with Gasteiger partial charge in [-0.15, -0.1) is 5.11 Å². The molecule has 0 saturated heterocycles. The molecule has 25 heavy (non-hydrogen) atoms. The van der Waals surface area contributed by atoms with Crippen LogP contribution in [0.3, 0.4) is 0 Å². The lowest BCUT2D eigenvalue weighted by Crippen LogP contribution is -2.19. The van der Waals surface area contributed by atoms with Crippen LogP contribution in [-0.4, -0.2) is 20.0 Å². The summed E-state index contributed by atoms with van der Waals surface area (Å²) in [7, 11) is 0. The molecule has 6 nitrogen and oxygen atoms in total. The van der Waals surface area contributed by atoms with Gasteiger partial charge in [-0.1, -0.05) is 17.7 Å². The first-order chi connectivity index (χ1) is 12.0. The van der Waals surface area contributed by atoms with Crippen LogP contribution in [-0.2, 0) is 0 Å². The Kier molecular flexibility index (Phi) is 4.73. The molecule has 3 N–H and O–H groups in total. The number of thiocarbonyl (C=S) groups is 1. The summed E-state index contributed by atoms with van der Waals surface area (Å²) in [4.78, 5) is 0. The van der Waals surface area contributed by atoms with Gasteiger partial charge in [0, 0.05) is 10.6 Å². The highest BCUT2D eigenvalue weighted by molar-refractivity contribution is 7.80. The topological polar surface area (TPSA) is 88.8 Å². The van der Waals surface area contributed by atoms with Gasteiger partial charge in [0.15, 0.2) is 10.8 Å². The Morgan fingerprint density at radius 2 is 1.92 bits per heavy atom. The Balaban J connectivity index is 2.10. The highest BCUT2D eigenvalue weighted by atomic mass is 35.5. The fourth-order valence-electron chi connectivity index (χ4n) is 2.09. The molecular formula is C16H11ClFN5OS. The van der Waals surface area contributed by atoms with Gasteiger partial charge in [0.25, 0.3) is 0 Å². The highest BCUT2D eigenvalue weighted by Crippen LogP contribution is 2.38. The maximum atomic E-state index is 13.2. The number of hydrogen-bond acceptors (Lipinski definition) is 5. The third-order valence-corrected chi connectivity index (χ3v) is 3.64. The first-order valence-electron chi connectivity index (χ1n) is 7.01. The van der Waals surface area contributed by atoms with Gasteiger partial charge in [-0.05, 0) is 54.7 Å². The van der Waals surface area contributed by atoms with Crippen LogP contribution in [0, 0.1) is 5.82 Å². The van der Waals surface area contributed by atoms with Gasteiger partial charge in [0.2, 0.25) is 5.88 Å². The highest BCUT2D eigenvalue weighted by Gasteiger charge is 2.20. The molecule has 0 amide bonds. The standard InChI is InChI=1S/C16H11ClFN5OS/c17-10-2-1-3-12(8-10)20-21-14-13(9-4-6-11(18)7-5-9)22-23(15(14)24)16(19)25/h1-8,24H,(H2,19,25)/b21-20+. The average molecular weight is 376 g/mol. The number of azo groups is 1. The quantitative estimate of drug-likeness (QED) is 0.519. The molecule has 1 heterocycles. The molecule has 0 spiro atoms. The van der Waals surface area contributed by atoms with Gasteiger partial charge < -0.3 is 10.8 Å². The van der Waals surface area contributed by atoms with Crippen molar-refractivity contribution in [2.24, 2.45) is 16.0 Å². The summed E-state index contributed by atoms with van der Waals surface area (Å²) in [5.74, 6) is -0.763. The molecule has 0 aliphatic carbocycles. The van der Waals surface area contributed by atoms with Gasteiger partial charge in [-0.25, -0.2) is 4.39 Å². The van der Waals surface area contributed by atoms with Gasteiger partial charge in [-0.2, -0.15) is 14.9 Å². The van der Waals surface area contributed by atoms with Crippen molar-refractivity contribution in [1.82, 2.24) is 9.78 Å². The zero-order valence-corrected chi connectivity index (χ0v) is 14.2. The summed E-state index contributed by atoms with van der Waals surface area (Å²) in [6.07, 6.45) is 0. The fourth-order valence-corrected chi connectivity index (χ4v) is 2.41. The minimum atomic E-state index is -0.399. The number of benzene rings is 2. The van der Waals surface area contributed by atoms with Crippen molar-refractivity contribution in [3.63, 3.8) is 0 Å². The first-order valence-corrected chi connectivity index (χ1v) is 7.79. The maximum Gasteiger partial charge on any atom is 0.245 e. The van der Waals surface area contributed by atoms with Crippen LogP contribution < -0.4 is 5.73 Å². The number of halogens is 2. The monoisotopic (exact) mass is 375 g/mol. The van der Waals surface area contributed by atoms with E-state index in [0.717, 1.165) is 4.68 Å². The largest absolute Gasteiger partial charge is 0.492 e. The second kappa shape index (κ2) is 6.96. The Hall–Kier alpha value is -2.84. The zero-order valence-electron chi connectivity index (χ0n) is 12.6. The number of aromatic nitrogens is 2. The predicted octanol–water partition coefficient (Wildman–Crippen LogP) is 4.56. The van der Waals surface area contributed by atoms with Crippen molar-refractivity contribution in [1.29, 1.82) is 0 Å². The van der Waals surface area contributed by atoms with Crippen LogP contribution >= 0.6 is 23.8 Å². The fraction of sp³-hybridized carbons (Fsp3) is 0. The van der Waals surface area contributed by atoms with Crippen LogP contribution in [0.5, 0.6) is 5.88 Å². The van der Waals surface area contributed by atoms with E-state index in [0.29, 0.717) is 16.3 Å². The zero-order chi connectivity index (χ0) is 18.0. The third-order valence-electron chi connectivity index (χ3n) is 3.24. The average Bonchev–Trinajstić information content (AvgIpc) is 2.91. The Morgan fingerprint density at radius 1 is 1.20 bits per heavy atom. The summed E-state index contributed by atoms with van der Waals surface area (Å²) in [5, 5.41) is 22.9. The molecule has 9 heteroatoms. The van der Waals surface area contributed by atoms with Crippen molar-refractivity contribution in [2.45, 2.75) is 0 Å². The predicted molar refractivity (Wildman–Crippen MR) is 97.1 cm³/mol. The van der Waals surface area contributed by atoms with Gasteiger partial charge in [0.05, 0.1) is 5.69 Å². The number of hydrogen-bond donors (Lipinski definition) is 2. The van der Waals surface area contributed by atoms with Crippen molar-refractivity contribution >= 4 is 40.3 Å². The van der Waals surface area contributed by atoms with Crippen LogP contribution in [0.1, 0.15) is 0 Å². The second-order valence-electron chi connectivity index (χ2n) is 4.96. The molecule has 0 aliphatic rings. The number of nitrogens with zero attached hydrogens (tertiary/aromatic N) is 4. The van der Waals surface area contributed by atoms with E-state index in [1.54, 1.807) is 24.3 Å². The van der Waals surface area contributed by atoms with E-state index in [1.165, 1.54) is 24.3 Å². The molecule has 0 saturated carbocycles. The lowest BCUT2D eigenvalue weighted by molar-refractivity contribution is 0.440. The third kappa shape index (κ3) is 3.65. The number of nitrogens with two attached hydrogens (primary N) is 1. The molecule has 3 aromatic rings. The summed E-state index contributed by atoms with van der Waals surface area (Å²) in [6.45, 7) is 0. The van der Waals surface area contributed by atoms with Crippen molar-refractivity contribution in [3.05, 3.63) is 59.4 Å². The normalized spacial score (nSPS) is 11.1. The molecule has 0 bridgehead atoms. The summed E-state index contributed by atoms with van der Waals surface area (Å²) in [6, 6.07) is 12.3. The van der Waals surface area contributed by atoms with E-state index in [2.05, 4.69) is 15.3 Å². The molecule has 3 rings (SSSR count). The molecule has 0 radical (unpaired) electrons. The lowest BCUT2D eigenvalue weighted by atomic mass is 10.1. The Morgan fingerprint density at radius 3 is 2.56 bits per heavy atom. The smallest absolute Gasteiger partial charge is 0.245 e. The van der Waals surface area contributed by atoms with E-state index >= 15 is 0 Å². The van der Waals surface area contributed by atoms with Crippen LogP contribution in [0.2, 0.25) is 5.02 Å². The van der Waals surface area contributed by atoms with Gasteiger partial charge in [0.1, 0.15) is 11.5 Å². The number of rotatable bonds is 3. The maximum absolute atomic E-state index is 13.2. The summed E-state index contributed by atoms with van der Waals surface area (Å²) < 4.78 is 14.1. The van der Waals surface area contributed by atoms with Crippen molar-refractivity contribution < 1.29 is 9.50 Å². The van der Waals surface area contributed by atoms with Crippen LogP contribution in [0.25, 0.3) is 11.3 Å². The van der Waals surface area contributed by atoms with Crippen LogP contribution in [0.4, 0.5) is 15.8 Å². The van der Waals surface area contributed by atoms with E-state index in [9.17, 15) is 9.50 Å². The molecule has 126 valence electrons. The summed E-state index contributed by atoms with van der Waals surface area (Å²) >= 11 is 10.8. The first kappa shape index (κ1) is 17.0. The lowest BCUT2D eigenvalue weighted by Gasteiger charge is -1.98. The van der Waals surface area contributed by atoms with E-state index < -0.39 is 5.82 Å². The van der Waals surface area contributed by atoms with E-state index in [-0.39, 0.29) is 22.4 Å². The van der Waals surface area contributed by atoms with Gasteiger partial charge >= 0.3 is 0 Å². The molecule has 0 atom stereocenters. The summed E-state index contributed by atoms with van der Waals surface area (Å²) in [5.41, 5.74) is 6.87. The molecule has 0 fully saturated rings. The molecule has 2 aromatic carbocycles. The Labute approximate surface area is 152 Å². The molecule has 0 unspecified atom stereocenters. The van der Waals surface area contributed by atoms with Crippen molar-refractivity contribution in [2.75, 3.05) is 0 Å². The molecule has 0 aliphatic heterocycles.